The number of hydrogen-bond acceptors (Lipinski definition) is 5. The van der Waals surface area contributed by atoms with Gasteiger partial charge in [-0.25, -0.2) is 4.79 Å². The largest absolute Gasteiger partial charge is 0.417 e. The van der Waals surface area contributed by atoms with Crippen LogP contribution in [0.25, 0.3) is 0 Å². The van der Waals surface area contributed by atoms with E-state index in [1.54, 1.807) is 4.90 Å². The minimum atomic E-state index is -4.65. The molecular weight excluding hydrogens is 543 g/mol. The Hall–Kier alpha value is -3.06. The molecule has 14 heteroatoms. The van der Waals surface area contributed by atoms with Crippen molar-refractivity contribution in [3.63, 3.8) is 0 Å². The topological polar surface area (TPSA) is 136 Å². The molecule has 0 aromatic heterocycles. The lowest BCUT2D eigenvalue weighted by molar-refractivity contribution is -0.147. The average Bonchev–Trinajstić information content (AvgIpc) is 3.63. The van der Waals surface area contributed by atoms with Crippen molar-refractivity contribution in [1.29, 1.82) is 0 Å². The second kappa shape index (κ2) is 10.8. The van der Waals surface area contributed by atoms with Crippen molar-refractivity contribution in [2.24, 2.45) is 11.1 Å². The first-order valence-electron chi connectivity index (χ1n) is 12.7. The van der Waals surface area contributed by atoms with E-state index < -0.39 is 52.8 Å². The Morgan fingerprint density at radius 3 is 2.46 bits per heavy atom. The summed E-state index contributed by atoms with van der Waals surface area (Å²) >= 11 is 5.71. The second-order valence-electron chi connectivity index (χ2n) is 10.4. The summed E-state index contributed by atoms with van der Waals surface area (Å²) in [4.78, 5) is 55.0. The summed E-state index contributed by atoms with van der Waals surface area (Å²) in [6.07, 6.45) is -2.59. The van der Waals surface area contributed by atoms with Gasteiger partial charge in [0, 0.05) is 38.3 Å². The molecule has 10 nitrogen and oxygen atoms in total. The Balaban J connectivity index is 1.34. The van der Waals surface area contributed by atoms with Crippen LogP contribution in [0.2, 0.25) is 5.02 Å². The van der Waals surface area contributed by atoms with Gasteiger partial charge in [-0.1, -0.05) is 11.6 Å². The van der Waals surface area contributed by atoms with Gasteiger partial charge in [0.15, 0.2) is 0 Å². The number of β-amino-alcohol motifs (C(OH)–C–C–N with tert-alkyl or cyclic N) is 1. The lowest BCUT2D eigenvalue weighted by Crippen LogP contribution is -2.62. The molecule has 3 fully saturated rings. The van der Waals surface area contributed by atoms with Gasteiger partial charge in [0.05, 0.1) is 16.7 Å². The summed E-state index contributed by atoms with van der Waals surface area (Å²) in [7, 11) is 0. The third kappa shape index (κ3) is 6.08. The fourth-order valence-electron chi connectivity index (χ4n) is 5.36. The maximum Gasteiger partial charge on any atom is 0.417 e. The van der Waals surface area contributed by atoms with Crippen molar-refractivity contribution < 1.29 is 37.5 Å². The summed E-state index contributed by atoms with van der Waals surface area (Å²) in [6.45, 7) is 2.22. The summed E-state index contributed by atoms with van der Waals surface area (Å²) in [6, 6.07) is -0.0227. The average molecular weight is 574 g/mol. The first-order valence-corrected chi connectivity index (χ1v) is 13.1. The first-order chi connectivity index (χ1) is 18.2. The van der Waals surface area contributed by atoms with E-state index in [4.69, 9.17) is 17.3 Å². The van der Waals surface area contributed by atoms with Crippen molar-refractivity contribution in [3.8, 4) is 0 Å². The van der Waals surface area contributed by atoms with Gasteiger partial charge in [-0.2, -0.15) is 13.2 Å². The molecule has 1 spiro atoms. The molecule has 2 aliphatic heterocycles. The van der Waals surface area contributed by atoms with Crippen molar-refractivity contribution >= 4 is 41.0 Å². The number of aliphatic hydroxyl groups is 1. The number of carbonyl (C=O) groups is 4. The molecule has 1 aromatic rings. The molecule has 0 radical (unpaired) electrons. The van der Waals surface area contributed by atoms with E-state index in [0.717, 1.165) is 37.5 Å². The standard InChI is InChI=1S/C25H31ClF3N5O5/c1-14-22(38)34(11-10-33(14)23(39)31-15-2-3-16(17(26)12-15)25(27,28)29)18(21(30)37)4-5-20(36)32-9-8-24(6-7-24)19(35)13-32/h2-3,12,14,18-19,35H,4-11,13H2,1H3,(H2,30,37)(H,31,39)/t14-,18-,19+/m0/s1. The zero-order valence-electron chi connectivity index (χ0n) is 21.3. The molecule has 1 saturated carbocycles. The van der Waals surface area contributed by atoms with Gasteiger partial charge < -0.3 is 30.9 Å². The van der Waals surface area contributed by atoms with Crippen LogP contribution in [-0.4, -0.2) is 87.9 Å². The predicted octanol–water partition coefficient (Wildman–Crippen LogP) is 2.43. The smallest absolute Gasteiger partial charge is 0.391 e. The number of carbonyl (C=O) groups excluding carboxylic acids is 4. The quantitative estimate of drug-likeness (QED) is 0.480. The zero-order valence-corrected chi connectivity index (χ0v) is 22.1. The molecule has 0 unspecified atom stereocenters. The molecule has 4 N–H and O–H groups in total. The molecule has 5 amide bonds. The van der Waals surface area contributed by atoms with Gasteiger partial charge in [-0.05, 0) is 56.2 Å². The molecule has 4 rings (SSSR count). The number of halogens is 4. The molecule has 2 saturated heterocycles. The van der Waals surface area contributed by atoms with Crippen LogP contribution in [0.1, 0.15) is 44.6 Å². The summed E-state index contributed by atoms with van der Waals surface area (Å²) in [5.41, 5.74) is 4.50. The highest BCUT2D eigenvalue weighted by Gasteiger charge is 2.51. The number of nitrogens with one attached hydrogen (secondary N) is 1. The van der Waals surface area contributed by atoms with Gasteiger partial charge in [0.25, 0.3) is 0 Å². The highest BCUT2D eigenvalue weighted by atomic mass is 35.5. The normalized spacial score (nSPS) is 23.5. The zero-order chi connectivity index (χ0) is 28.7. The van der Waals surface area contributed by atoms with E-state index >= 15 is 0 Å². The number of piperazine rings is 1. The van der Waals surface area contributed by atoms with Gasteiger partial charge in [-0.3, -0.25) is 14.4 Å². The maximum atomic E-state index is 13.1. The number of aliphatic hydroxyl groups excluding tert-OH is 1. The van der Waals surface area contributed by atoms with Crippen LogP contribution in [0.5, 0.6) is 0 Å². The van der Waals surface area contributed by atoms with Gasteiger partial charge in [-0.15, -0.1) is 0 Å². The number of likely N-dealkylation sites (tertiary alicyclic amines) is 1. The van der Waals surface area contributed by atoms with E-state index in [1.165, 1.54) is 16.7 Å². The molecule has 1 aliphatic carbocycles. The number of piperidine rings is 1. The SMILES string of the molecule is C[C@H]1C(=O)N([C@@H](CCC(=O)N2CCC3(CC3)[C@H](O)C2)C(N)=O)CCN1C(=O)Nc1ccc(C(F)(F)F)c(Cl)c1. The van der Waals surface area contributed by atoms with Crippen LogP contribution in [0.3, 0.4) is 0 Å². The molecule has 3 atom stereocenters. The number of amides is 5. The first kappa shape index (κ1) is 28.9. The Labute approximate surface area is 228 Å². The number of primary amides is 1. The molecule has 3 aliphatic rings. The molecule has 2 heterocycles. The fourth-order valence-corrected chi connectivity index (χ4v) is 5.64. The Morgan fingerprint density at radius 1 is 1.21 bits per heavy atom. The van der Waals surface area contributed by atoms with E-state index in [-0.39, 0.29) is 49.5 Å². The van der Waals surface area contributed by atoms with Crippen LogP contribution in [0.15, 0.2) is 18.2 Å². The van der Waals surface area contributed by atoms with E-state index in [0.29, 0.717) is 6.54 Å². The minimum Gasteiger partial charge on any atom is -0.391 e. The van der Waals surface area contributed by atoms with Gasteiger partial charge >= 0.3 is 12.2 Å². The number of alkyl halides is 3. The second-order valence-corrected chi connectivity index (χ2v) is 10.9. The molecular formula is C25H31ClF3N5O5. The van der Waals surface area contributed by atoms with E-state index in [9.17, 15) is 37.5 Å². The van der Waals surface area contributed by atoms with Crippen LogP contribution in [0.4, 0.5) is 23.7 Å². The maximum absolute atomic E-state index is 13.1. The van der Waals surface area contributed by atoms with Crippen LogP contribution >= 0.6 is 11.6 Å². The number of hydrogen-bond donors (Lipinski definition) is 3. The predicted molar refractivity (Wildman–Crippen MR) is 134 cm³/mol. The fraction of sp³-hybridized carbons (Fsp3) is 0.600. The highest BCUT2D eigenvalue weighted by molar-refractivity contribution is 6.31. The van der Waals surface area contributed by atoms with Gasteiger partial charge in [0.2, 0.25) is 17.7 Å². The van der Waals surface area contributed by atoms with E-state index in [1.807, 2.05) is 0 Å². The Kier molecular flexibility index (Phi) is 8.04. The van der Waals surface area contributed by atoms with Crippen molar-refractivity contribution in [3.05, 3.63) is 28.8 Å². The number of rotatable bonds is 6. The molecule has 214 valence electrons. The monoisotopic (exact) mass is 573 g/mol. The Bertz CT molecular complexity index is 1160. The lowest BCUT2D eigenvalue weighted by Gasteiger charge is -2.42. The third-order valence-electron chi connectivity index (χ3n) is 8.04. The molecule has 1 aromatic carbocycles. The lowest BCUT2D eigenvalue weighted by atomic mass is 9.90. The number of nitrogens with zero attached hydrogens (tertiary/aromatic N) is 3. The van der Waals surface area contributed by atoms with E-state index in [2.05, 4.69) is 5.32 Å². The number of anilines is 1. The number of nitrogens with two attached hydrogens (primary N) is 1. The van der Waals surface area contributed by atoms with Crippen LogP contribution < -0.4 is 11.1 Å². The van der Waals surface area contributed by atoms with Crippen molar-refractivity contribution in [1.82, 2.24) is 14.7 Å². The molecule has 39 heavy (non-hydrogen) atoms. The minimum absolute atomic E-state index is 0.000609. The number of urea groups is 1. The highest BCUT2D eigenvalue weighted by Crippen LogP contribution is 2.53. The molecule has 0 bridgehead atoms. The summed E-state index contributed by atoms with van der Waals surface area (Å²) in [5, 5.41) is 12.2. The summed E-state index contributed by atoms with van der Waals surface area (Å²) in [5.74, 6) is -1.57. The van der Waals surface area contributed by atoms with Crippen molar-refractivity contribution in [2.45, 2.75) is 63.4 Å². The number of benzene rings is 1. The Morgan fingerprint density at radius 2 is 1.90 bits per heavy atom. The van der Waals surface area contributed by atoms with Crippen LogP contribution in [-0.2, 0) is 20.6 Å². The summed E-state index contributed by atoms with van der Waals surface area (Å²) < 4.78 is 38.8. The third-order valence-corrected chi connectivity index (χ3v) is 8.35. The van der Waals surface area contributed by atoms with Crippen LogP contribution in [0, 0.1) is 5.41 Å². The van der Waals surface area contributed by atoms with Gasteiger partial charge in [0.1, 0.15) is 12.1 Å². The van der Waals surface area contributed by atoms with Crippen molar-refractivity contribution in [2.75, 3.05) is 31.5 Å².